The molecule has 0 saturated carbocycles. The van der Waals surface area contributed by atoms with Gasteiger partial charge in [-0.25, -0.2) is 0 Å². The molecule has 2 nitrogen and oxygen atoms in total. The van der Waals surface area contributed by atoms with Crippen LogP contribution in [-0.4, -0.2) is 12.3 Å². The molecule has 0 rings (SSSR count). The molecule has 0 spiro atoms. The molecule has 0 bridgehead atoms. The summed E-state index contributed by atoms with van der Waals surface area (Å²) in [6.07, 6.45) is 0.834. The van der Waals surface area contributed by atoms with Crippen molar-refractivity contribution in [3.63, 3.8) is 0 Å². The van der Waals surface area contributed by atoms with Gasteiger partial charge in [0.1, 0.15) is 5.78 Å². The minimum absolute atomic E-state index is 0.100. The third-order valence-corrected chi connectivity index (χ3v) is 2.35. The largest absolute Gasteiger partial charge is 0.329 e. The Balaban J connectivity index is 4.37. The zero-order valence-corrected chi connectivity index (χ0v) is 7.98. The first-order valence-electron chi connectivity index (χ1n) is 4.22. The molecular formula is C9H19NO. The van der Waals surface area contributed by atoms with Gasteiger partial charge in [-0.1, -0.05) is 27.7 Å². The van der Waals surface area contributed by atoms with Crippen molar-refractivity contribution in [1.82, 2.24) is 0 Å². The Labute approximate surface area is 69.2 Å². The van der Waals surface area contributed by atoms with Crippen LogP contribution in [0.25, 0.3) is 0 Å². The summed E-state index contributed by atoms with van der Waals surface area (Å²) in [4.78, 5) is 11.5. The standard InChI is InChI=1S/C9H19NO/c1-5-9(4,6-10)8(11)7(2)3/h7H,5-6,10H2,1-4H3. The minimum atomic E-state index is -0.297. The predicted molar refractivity (Wildman–Crippen MR) is 47.3 cm³/mol. The highest BCUT2D eigenvalue weighted by Gasteiger charge is 2.30. The molecular weight excluding hydrogens is 138 g/mol. The first kappa shape index (κ1) is 10.6. The van der Waals surface area contributed by atoms with Crippen LogP contribution in [0.3, 0.4) is 0 Å². The van der Waals surface area contributed by atoms with E-state index in [0.29, 0.717) is 6.54 Å². The molecule has 0 fully saturated rings. The number of Topliss-reactive ketones (excluding diaryl/α,β-unsaturated/α-hetero) is 1. The van der Waals surface area contributed by atoms with Crippen LogP contribution in [0.2, 0.25) is 0 Å². The van der Waals surface area contributed by atoms with Crippen LogP contribution in [-0.2, 0) is 4.79 Å². The van der Waals surface area contributed by atoms with Crippen molar-refractivity contribution in [3.05, 3.63) is 0 Å². The maximum absolute atomic E-state index is 11.5. The Morgan fingerprint density at radius 1 is 1.55 bits per heavy atom. The molecule has 0 aliphatic rings. The number of hydrogen-bond donors (Lipinski definition) is 1. The molecule has 0 aromatic rings. The van der Waals surface area contributed by atoms with Gasteiger partial charge in [0.15, 0.2) is 0 Å². The quantitative estimate of drug-likeness (QED) is 0.673. The van der Waals surface area contributed by atoms with Gasteiger partial charge in [0.05, 0.1) is 0 Å². The number of ketones is 1. The first-order valence-corrected chi connectivity index (χ1v) is 4.22. The lowest BCUT2D eigenvalue weighted by atomic mass is 9.78. The highest BCUT2D eigenvalue weighted by molar-refractivity contribution is 5.86. The fourth-order valence-corrected chi connectivity index (χ4v) is 1.12. The van der Waals surface area contributed by atoms with Gasteiger partial charge >= 0.3 is 0 Å². The zero-order valence-electron chi connectivity index (χ0n) is 7.98. The van der Waals surface area contributed by atoms with Gasteiger partial charge in [0.2, 0.25) is 0 Å². The average Bonchev–Trinajstić information content (AvgIpc) is 2.01. The van der Waals surface area contributed by atoms with E-state index in [1.165, 1.54) is 0 Å². The third kappa shape index (κ3) is 2.29. The fourth-order valence-electron chi connectivity index (χ4n) is 1.12. The van der Waals surface area contributed by atoms with Crippen molar-refractivity contribution in [3.8, 4) is 0 Å². The van der Waals surface area contributed by atoms with Crippen molar-refractivity contribution >= 4 is 5.78 Å². The summed E-state index contributed by atoms with van der Waals surface area (Å²) < 4.78 is 0. The summed E-state index contributed by atoms with van der Waals surface area (Å²) in [6.45, 7) is 8.25. The van der Waals surface area contributed by atoms with Crippen molar-refractivity contribution in [2.75, 3.05) is 6.54 Å². The number of hydrogen-bond acceptors (Lipinski definition) is 2. The normalized spacial score (nSPS) is 16.5. The topological polar surface area (TPSA) is 43.1 Å². The van der Waals surface area contributed by atoms with Crippen molar-refractivity contribution < 1.29 is 4.79 Å². The van der Waals surface area contributed by atoms with Gasteiger partial charge in [0.25, 0.3) is 0 Å². The molecule has 0 aromatic carbocycles. The van der Waals surface area contributed by atoms with Gasteiger partial charge < -0.3 is 5.73 Å². The van der Waals surface area contributed by atoms with Gasteiger partial charge in [-0.3, -0.25) is 4.79 Å². The molecule has 1 atom stereocenters. The van der Waals surface area contributed by atoms with Crippen LogP contribution < -0.4 is 5.73 Å². The first-order chi connectivity index (χ1) is 4.98. The molecule has 0 amide bonds. The number of carbonyl (C=O) groups excluding carboxylic acids is 1. The molecule has 0 aliphatic carbocycles. The summed E-state index contributed by atoms with van der Waals surface area (Å²) >= 11 is 0. The second kappa shape index (κ2) is 3.86. The molecule has 0 aromatic heterocycles. The lowest BCUT2D eigenvalue weighted by Crippen LogP contribution is -2.37. The van der Waals surface area contributed by atoms with E-state index in [-0.39, 0.29) is 17.1 Å². The predicted octanol–water partition coefficient (Wildman–Crippen LogP) is 1.59. The molecule has 1 unspecified atom stereocenters. The lowest BCUT2D eigenvalue weighted by molar-refractivity contribution is -0.130. The average molecular weight is 157 g/mol. The molecule has 2 heteroatoms. The highest BCUT2D eigenvalue weighted by atomic mass is 16.1. The van der Waals surface area contributed by atoms with Crippen LogP contribution in [0, 0.1) is 11.3 Å². The van der Waals surface area contributed by atoms with Crippen LogP contribution >= 0.6 is 0 Å². The Morgan fingerprint density at radius 2 is 2.00 bits per heavy atom. The fraction of sp³-hybridized carbons (Fsp3) is 0.889. The van der Waals surface area contributed by atoms with E-state index in [4.69, 9.17) is 5.73 Å². The molecule has 11 heavy (non-hydrogen) atoms. The smallest absolute Gasteiger partial charge is 0.142 e. The second-order valence-corrected chi connectivity index (χ2v) is 3.64. The molecule has 66 valence electrons. The van der Waals surface area contributed by atoms with Crippen molar-refractivity contribution in [1.29, 1.82) is 0 Å². The van der Waals surface area contributed by atoms with Crippen LogP contribution in [0.5, 0.6) is 0 Å². The maximum Gasteiger partial charge on any atom is 0.142 e. The van der Waals surface area contributed by atoms with Gasteiger partial charge in [-0.2, -0.15) is 0 Å². The van der Waals surface area contributed by atoms with E-state index in [1.54, 1.807) is 0 Å². The van der Waals surface area contributed by atoms with E-state index in [1.807, 2.05) is 27.7 Å². The maximum atomic E-state index is 11.5. The highest BCUT2D eigenvalue weighted by Crippen LogP contribution is 2.24. The summed E-state index contributed by atoms with van der Waals surface area (Å²) in [5.74, 6) is 0.381. The number of nitrogens with two attached hydrogens (primary N) is 1. The molecule has 0 saturated heterocycles. The van der Waals surface area contributed by atoms with Gasteiger partial charge in [-0.05, 0) is 6.42 Å². The van der Waals surface area contributed by atoms with E-state index in [0.717, 1.165) is 6.42 Å². The Morgan fingerprint density at radius 3 is 2.09 bits per heavy atom. The molecule has 0 heterocycles. The van der Waals surface area contributed by atoms with Crippen molar-refractivity contribution in [2.24, 2.45) is 17.1 Å². The minimum Gasteiger partial charge on any atom is -0.329 e. The summed E-state index contributed by atoms with van der Waals surface area (Å²) in [5.41, 5.74) is 5.24. The van der Waals surface area contributed by atoms with Crippen molar-refractivity contribution in [2.45, 2.75) is 34.1 Å². The lowest BCUT2D eigenvalue weighted by Gasteiger charge is -2.26. The summed E-state index contributed by atoms with van der Waals surface area (Å²) in [6, 6.07) is 0. The Hall–Kier alpha value is -0.370. The number of rotatable bonds is 4. The Kier molecular flexibility index (Phi) is 3.73. The SMILES string of the molecule is CCC(C)(CN)C(=O)C(C)C. The van der Waals surface area contributed by atoms with E-state index >= 15 is 0 Å². The van der Waals surface area contributed by atoms with Crippen LogP contribution in [0.4, 0.5) is 0 Å². The third-order valence-electron chi connectivity index (χ3n) is 2.35. The second-order valence-electron chi connectivity index (χ2n) is 3.64. The monoisotopic (exact) mass is 157 g/mol. The molecule has 0 radical (unpaired) electrons. The van der Waals surface area contributed by atoms with E-state index < -0.39 is 0 Å². The number of carbonyl (C=O) groups is 1. The zero-order chi connectivity index (χ0) is 9.07. The summed E-state index contributed by atoms with van der Waals surface area (Å²) in [5, 5.41) is 0. The van der Waals surface area contributed by atoms with Crippen LogP contribution in [0.1, 0.15) is 34.1 Å². The Bertz CT molecular complexity index is 136. The van der Waals surface area contributed by atoms with E-state index in [9.17, 15) is 4.79 Å². The summed E-state index contributed by atoms with van der Waals surface area (Å²) in [7, 11) is 0. The van der Waals surface area contributed by atoms with Gasteiger partial charge in [0, 0.05) is 17.9 Å². The van der Waals surface area contributed by atoms with E-state index in [2.05, 4.69) is 0 Å². The van der Waals surface area contributed by atoms with Crippen LogP contribution in [0.15, 0.2) is 0 Å². The molecule has 2 N–H and O–H groups in total. The molecule has 0 aliphatic heterocycles. The van der Waals surface area contributed by atoms with Gasteiger partial charge in [-0.15, -0.1) is 0 Å².